The first-order valence-electron chi connectivity index (χ1n) is 10.1. The molecule has 3 aromatic carbocycles. The third kappa shape index (κ3) is 3.92. The van der Waals surface area contributed by atoms with Crippen molar-refractivity contribution in [3.05, 3.63) is 83.6 Å². The fraction of sp³-hybridized carbons (Fsp3) is 0.120. The summed E-state index contributed by atoms with van der Waals surface area (Å²) in [7, 11) is 4.36. The Labute approximate surface area is 194 Å². The summed E-state index contributed by atoms with van der Waals surface area (Å²) >= 11 is 0. The Hall–Kier alpha value is -4.40. The molecule has 0 fully saturated rings. The van der Waals surface area contributed by atoms with E-state index in [1.165, 1.54) is 21.3 Å². The topological polar surface area (TPSA) is 77.1 Å². The number of benzene rings is 3. The molecule has 0 bridgehead atoms. The molecule has 4 rings (SSSR count). The van der Waals surface area contributed by atoms with E-state index in [2.05, 4.69) is 5.32 Å². The number of rotatable bonds is 7. The molecule has 0 atom stereocenters. The lowest BCUT2D eigenvalue weighted by molar-refractivity contribution is -0.120. The Kier molecular flexibility index (Phi) is 6.18. The summed E-state index contributed by atoms with van der Waals surface area (Å²) in [6.07, 6.45) is 0. The summed E-state index contributed by atoms with van der Waals surface area (Å²) in [5.41, 5.74) is 0.0335. The van der Waals surface area contributed by atoms with Gasteiger partial charge in [0.2, 0.25) is 0 Å². The summed E-state index contributed by atoms with van der Waals surface area (Å²) in [6.45, 7) is 0. The molecule has 0 aliphatic carbocycles. The van der Waals surface area contributed by atoms with E-state index in [9.17, 15) is 18.4 Å². The minimum atomic E-state index is -0.921. The maximum atomic E-state index is 14.6. The minimum absolute atomic E-state index is 0.0547. The molecule has 0 spiro atoms. The van der Waals surface area contributed by atoms with Gasteiger partial charge in [-0.25, -0.2) is 13.7 Å². The predicted molar refractivity (Wildman–Crippen MR) is 122 cm³/mol. The van der Waals surface area contributed by atoms with Crippen LogP contribution in [0.15, 0.2) is 66.4 Å². The third-order valence-electron chi connectivity index (χ3n) is 5.26. The first kappa shape index (κ1) is 22.8. The number of para-hydroxylation sites is 1. The quantitative estimate of drug-likeness (QED) is 0.521. The molecule has 1 aliphatic rings. The van der Waals surface area contributed by atoms with Crippen molar-refractivity contribution < 1.29 is 32.6 Å². The van der Waals surface area contributed by atoms with Crippen molar-refractivity contribution in [1.82, 2.24) is 0 Å². The fourth-order valence-corrected chi connectivity index (χ4v) is 3.68. The Balaban J connectivity index is 1.88. The number of anilines is 2. The predicted octanol–water partition coefficient (Wildman–Crippen LogP) is 4.39. The van der Waals surface area contributed by atoms with Gasteiger partial charge in [-0.2, -0.15) is 0 Å². The lowest BCUT2D eigenvalue weighted by atomic mass is 10.0. The number of hydrogen-bond donors (Lipinski definition) is 1. The zero-order valence-corrected chi connectivity index (χ0v) is 18.5. The van der Waals surface area contributed by atoms with Crippen LogP contribution in [0, 0.1) is 11.6 Å². The van der Waals surface area contributed by atoms with Gasteiger partial charge >= 0.3 is 0 Å². The van der Waals surface area contributed by atoms with E-state index >= 15 is 0 Å². The Morgan fingerprint density at radius 2 is 1.47 bits per heavy atom. The zero-order chi connectivity index (χ0) is 24.4. The maximum absolute atomic E-state index is 14.6. The summed E-state index contributed by atoms with van der Waals surface area (Å²) in [6, 6.07) is 14.0. The van der Waals surface area contributed by atoms with Crippen LogP contribution in [0.1, 0.15) is 5.56 Å². The lowest BCUT2D eigenvalue weighted by Gasteiger charge is -2.16. The molecule has 0 saturated carbocycles. The van der Waals surface area contributed by atoms with Crippen LogP contribution in [-0.2, 0) is 9.59 Å². The second-order valence-corrected chi connectivity index (χ2v) is 7.19. The minimum Gasteiger partial charge on any atom is -0.496 e. The molecular weight excluding hydrogens is 446 g/mol. The van der Waals surface area contributed by atoms with Gasteiger partial charge in [-0.05, 0) is 30.3 Å². The molecule has 9 heteroatoms. The molecule has 7 nitrogen and oxygen atoms in total. The Morgan fingerprint density at radius 3 is 2.18 bits per heavy atom. The van der Waals surface area contributed by atoms with Crippen LogP contribution in [0.25, 0.3) is 5.57 Å². The number of amides is 2. The van der Waals surface area contributed by atoms with Crippen LogP contribution in [0.5, 0.6) is 17.2 Å². The maximum Gasteiger partial charge on any atom is 0.282 e. The van der Waals surface area contributed by atoms with Gasteiger partial charge < -0.3 is 19.5 Å². The second kappa shape index (κ2) is 9.22. The molecule has 34 heavy (non-hydrogen) atoms. The van der Waals surface area contributed by atoms with Gasteiger partial charge in [0.1, 0.15) is 23.1 Å². The van der Waals surface area contributed by atoms with Gasteiger partial charge in [0, 0.05) is 23.4 Å². The highest BCUT2D eigenvalue weighted by Gasteiger charge is 2.42. The number of carbonyl (C=O) groups is 2. The van der Waals surface area contributed by atoms with Gasteiger partial charge in [0.05, 0.1) is 32.6 Å². The summed E-state index contributed by atoms with van der Waals surface area (Å²) in [5.74, 6) is -2.23. The highest BCUT2D eigenvalue weighted by atomic mass is 19.1. The van der Waals surface area contributed by atoms with Crippen LogP contribution in [0.2, 0.25) is 0 Å². The van der Waals surface area contributed by atoms with E-state index in [1.54, 1.807) is 42.5 Å². The average Bonchev–Trinajstić information content (AvgIpc) is 3.09. The normalized spacial score (nSPS) is 13.4. The zero-order valence-electron chi connectivity index (χ0n) is 18.5. The number of ether oxygens (including phenoxy) is 3. The number of imide groups is 1. The van der Waals surface area contributed by atoms with E-state index in [0.29, 0.717) is 33.4 Å². The molecule has 0 aromatic heterocycles. The molecule has 1 N–H and O–H groups in total. The first-order chi connectivity index (χ1) is 16.4. The van der Waals surface area contributed by atoms with Crippen LogP contribution < -0.4 is 24.4 Å². The lowest BCUT2D eigenvalue weighted by Crippen LogP contribution is -2.33. The van der Waals surface area contributed by atoms with Crippen molar-refractivity contribution in [3.8, 4) is 17.2 Å². The van der Waals surface area contributed by atoms with Crippen molar-refractivity contribution in [3.63, 3.8) is 0 Å². The monoisotopic (exact) mass is 466 g/mol. The molecule has 1 aliphatic heterocycles. The molecule has 174 valence electrons. The fourth-order valence-electron chi connectivity index (χ4n) is 3.68. The smallest absolute Gasteiger partial charge is 0.282 e. The van der Waals surface area contributed by atoms with Crippen molar-refractivity contribution in [2.75, 3.05) is 31.5 Å². The molecule has 0 unspecified atom stereocenters. The molecule has 2 amide bonds. The van der Waals surface area contributed by atoms with Gasteiger partial charge in [-0.3, -0.25) is 9.59 Å². The highest BCUT2D eigenvalue weighted by Crippen LogP contribution is 2.39. The number of methoxy groups -OCH3 is 3. The average molecular weight is 466 g/mol. The number of nitrogens with zero attached hydrogens (tertiary/aromatic N) is 1. The van der Waals surface area contributed by atoms with Crippen LogP contribution in [-0.4, -0.2) is 33.1 Å². The van der Waals surface area contributed by atoms with Crippen LogP contribution in [0.3, 0.4) is 0 Å². The summed E-state index contributed by atoms with van der Waals surface area (Å²) < 4.78 is 44.4. The van der Waals surface area contributed by atoms with E-state index in [0.717, 1.165) is 18.2 Å². The summed E-state index contributed by atoms with van der Waals surface area (Å²) in [4.78, 5) is 27.5. The van der Waals surface area contributed by atoms with Crippen molar-refractivity contribution >= 4 is 28.8 Å². The van der Waals surface area contributed by atoms with Crippen LogP contribution >= 0.6 is 0 Å². The number of carbonyl (C=O) groups excluding carboxylic acids is 2. The highest BCUT2D eigenvalue weighted by molar-refractivity contribution is 6.46. The van der Waals surface area contributed by atoms with Gasteiger partial charge in [0.15, 0.2) is 11.5 Å². The largest absolute Gasteiger partial charge is 0.496 e. The second-order valence-electron chi connectivity index (χ2n) is 7.19. The van der Waals surface area contributed by atoms with Crippen molar-refractivity contribution in [2.24, 2.45) is 0 Å². The van der Waals surface area contributed by atoms with Crippen molar-refractivity contribution in [1.29, 1.82) is 0 Å². The van der Waals surface area contributed by atoms with E-state index < -0.39 is 29.1 Å². The van der Waals surface area contributed by atoms with Crippen molar-refractivity contribution in [2.45, 2.75) is 0 Å². The molecule has 3 aromatic rings. The van der Waals surface area contributed by atoms with E-state index in [-0.39, 0.29) is 11.3 Å². The number of nitrogens with one attached hydrogen (secondary N) is 1. The standard InChI is InChI=1S/C25H20F2N2O5/c1-32-19-7-5-4-6-16(19)22-23(28-15-9-11-20(33-2)21(13-15)34-3)25(31)29(24(22)30)18-12-14(26)8-10-17(18)27/h4-13,28H,1-3H3. The molecular formula is C25H20F2N2O5. The molecule has 1 heterocycles. The van der Waals surface area contributed by atoms with Gasteiger partial charge in [-0.1, -0.05) is 18.2 Å². The Morgan fingerprint density at radius 1 is 0.765 bits per heavy atom. The summed E-state index contributed by atoms with van der Waals surface area (Å²) in [5, 5.41) is 2.94. The SMILES string of the molecule is COc1ccc(NC2=C(c3ccccc3OC)C(=O)N(c3cc(F)ccc3F)C2=O)cc1OC. The molecule has 0 saturated heterocycles. The van der Waals surface area contributed by atoms with Crippen LogP contribution in [0.4, 0.5) is 20.2 Å². The van der Waals surface area contributed by atoms with Gasteiger partial charge in [-0.15, -0.1) is 0 Å². The number of halogens is 2. The molecule has 0 radical (unpaired) electrons. The Bertz CT molecular complexity index is 1320. The first-order valence-corrected chi connectivity index (χ1v) is 10.1. The van der Waals surface area contributed by atoms with E-state index in [4.69, 9.17) is 14.2 Å². The van der Waals surface area contributed by atoms with E-state index in [1.807, 2.05) is 0 Å². The number of hydrogen-bond acceptors (Lipinski definition) is 6. The third-order valence-corrected chi connectivity index (χ3v) is 5.26. The van der Waals surface area contributed by atoms with Gasteiger partial charge in [0.25, 0.3) is 11.8 Å².